The molecule has 0 aromatic carbocycles. The van der Waals surface area contributed by atoms with Crippen LogP contribution in [0.15, 0.2) is 16.7 Å². The lowest BCUT2D eigenvalue weighted by atomic mass is 10.4. The summed E-state index contributed by atoms with van der Waals surface area (Å²) in [4.78, 5) is 8.97. The van der Waals surface area contributed by atoms with Gasteiger partial charge in [-0.05, 0) is 28.9 Å². The smallest absolute Gasteiger partial charge is 0.177 e. The molecule has 0 aliphatic carbocycles. The Bertz CT molecular complexity index is 534. The zero-order chi connectivity index (χ0) is 11.0. The van der Waals surface area contributed by atoms with Crippen molar-refractivity contribution >= 4 is 44.3 Å². The summed E-state index contributed by atoms with van der Waals surface area (Å²) in [5.41, 5.74) is 7.19. The van der Waals surface area contributed by atoms with E-state index in [4.69, 9.17) is 18.0 Å². The molecule has 0 spiro atoms. The number of imidazole rings is 1. The predicted molar refractivity (Wildman–Crippen MR) is 66.8 cm³/mol. The van der Waals surface area contributed by atoms with Gasteiger partial charge in [0, 0.05) is 10.7 Å². The van der Waals surface area contributed by atoms with Gasteiger partial charge in [0.25, 0.3) is 0 Å². The molecule has 4 nitrogen and oxygen atoms in total. The molecule has 2 rings (SSSR count). The van der Waals surface area contributed by atoms with Gasteiger partial charge in [-0.1, -0.05) is 12.2 Å². The van der Waals surface area contributed by atoms with Crippen molar-refractivity contribution < 1.29 is 0 Å². The van der Waals surface area contributed by atoms with Crippen LogP contribution in [0.3, 0.4) is 0 Å². The standard InChI is InChI=1S/C9H9BrN4S/c1-5-13-9-7(2-6(10)3-12-9)14(5)4-8(11)15/h2-3H,4H2,1H3,(H2,11,15). The molecule has 78 valence electrons. The first-order valence-electron chi connectivity index (χ1n) is 4.34. The van der Waals surface area contributed by atoms with E-state index in [2.05, 4.69) is 25.9 Å². The Kier molecular flexibility index (Phi) is 2.70. The van der Waals surface area contributed by atoms with Crippen LogP contribution in [-0.2, 0) is 6.54 Å². The second kappa shape index (κ2) is 3.86. The Labute approximate surface area is 101 Å². The number of halogens is 1. The molecule has 15 heavy (non-hydrogen) atoms. The van der Waals surface area contributed by atoms with Crippen LogP contribution in [-0.4, -0.2) is 19.5 Å². The van der Waals surface area contributed by atoms with Crippen molar-refractivity contribution in [2.24, 2.45) is 5.73 Å². The summed E-state index contributed by atoms with van der Waals surface area (Å²) in [6.45, 7) is 2.41. The van der Waals surface area contributed by atoms with E-state index in [1.807, 2.05) is 17.6 Å². The largest absolute Gasteiger partial charge is 0.392 e. The van der Waals surface area contributed by atoms with Crippen molar-refractivity contribution in [3.63, 3.8) is 0 Å². The van der Waals surface area contributed by atoms with Crippen molar-refractivity contribution in [2.45, 2.75) is 13.5 Å². The van der Waals surface area contributed by atoms with E-state index in [1.165, 1.54) is 0 Å². The third-order valence-electron chi connectivity index (χ3n) is 2.08. The Hall–Kier alpha value is -1.01. The normalized spacial score (nSPS) is 10.8. The monoisotopic (exact) mass is 284 g/mol. The second-order valence-corrected chi connectivity index (χ2v) is 4.65. The lowest BCUT2D eigenvalue weighted by Crippen LogP contribution is -2.17. The van der Waals surface area contributed by atoms with Gasteiger partial charge in [-0.2, -0.15) is 0 Å². The van der Waals surface area contributed by atoms with Gasteiger partial charge in [0.2, 0.25) is 0 Å². The maximum atomic E-state index is 5.53. The molecule has 2 N–H and O–H groups in total. The average molecular weight is 285 g/mol. The van der Waals surface area contributed by atoms with Crippen molar-refractivity contribution in [2.75, 3.05) is 0 Å². The van der Waals surface area contributed by atoms with Gasteiger partial charge in [-0.3, -0.25) is 0 Å². The molecule has 0 saturated carbocycles. The Morgan fingerprint density at radius 2 is 2.40 bits per heavy atom. The molecule has 6 heteroatoms. The molecule has 0 radical (unpaired) electrons. The summed E-state index contributed by atoms with van der Waals surface area (Å²) in [5, 5.41) is 0. The van der Waals surface area contributed by atoms with Crippen LogP contribution >= 0.6 is 28.1 Å². The van der Waals surface area contributed by atoms with Gasteiger partial charge in [0.1, 0.15) is 5.82 Å². The maximum Gasteiger partial charge on any atom is 0.177 e. The van der Waals surface area contributed by atoms with Crippen LogP contribution in [0.2, 0.25) is 0 Å². The summed E-state index contributed by atoms with van der Waals surface area (Å²) in [6, 6.07) is 1.96. The third kappa shape index (κ3) is 2.00. The number of pyridine rings is 1. The highest BCUT2D eigenvalue weighted by atomic mass is 79.9. The molecule has 0 aliphatic heterocycles. The molecule has 0 saturated heterocycles. The van der Waals surface area contributed by atoms with E-state index >= 15 is 0 Å². The summed E-state index contributed by atoms with van der Waals surface area (Å²) < 4.78 is 2.87. The van der Waals surface area contributed by atoms with Crippen LogP contribution in [0.4, 0.5) is 0 Å². The lowest BCUT2D eigenvalue weighted by Gasteiger charge is -2.04. The molecular weight excluding hydrogens is 276 g/mol. The fraction of sp³-hybridized carbons (Fsp3) is 0.222. The summed E-state index contributed by atoms with van der Waals surface area (Å²) >= 11 is 8.27. The van der Waals surface area contributed by atoms with E-state index < -0.39 is 0 Å². The van der Waals surface area contributed by atoms with Gasteiger partial charge in [0.05, 0.1) is 17.0 Å². The molecular formula is C9H9BrN4S. The minimum Gasteiger partial charge on any atom is -0.392 e. The van der Waals surface area contributed by atoms with Crippen molar-refractivity contribution in [3.8, 4) is 0 Å². The first-order valence-corrected chi connectivity index (χ1v) is 5.55. The van der Waals surface area contributed by atoms with Crippen LogP contribution in [0.1, 0.15) is 5.82 Å². The molecule has 0 unspecified atom stereocenters. The molecule has 2 heterocycles. The molecule has 2 aromatic rings. The molecule has 0 bridgehead atoms. The number of rotatable bonds is 2. The van der Waals surface area contributed by atoms with Crippen molar-refractivity contribution in [1.82, 2.24) is 14.5 Å². The zero-order valence-electron chi connectivity index (χ0n) is 8.07. The highest BCUT2D eigenvalue weighted by Gasteiger charge is 2.09. The molecule has 0 amide bonds. The fourth-order valence-corrected chi connectivity index (χ4v) is 1.90. The Morgan fingerprint density at radius 1 is 1.67 bits per heavy atom. The van der Waals surface area contributed by atoms with E-state index in [-0.39, 0.29) is 0 Å². The summed E-state index contributed by atoms with van der Waals surface area (Å²) in [7, 11) is 0. The summed E-state index contributed by atoms with van der Waals surface area (Å²) in [5.74, 6) is 0.864. The molecule has 0 aliphatic rings. The Morgan fingerprint density at radius 3 is 3.07 bits per heavy atom. The van der Waals surface area contributed by atoms with Crippen LogP contribution in [0, 0.1) is 6.92 Å². The number of aryl methyl sites for hydroxylation is 1. The van der Waals surface area contributed by atoms with E-state index in [0.29, 0.717) is 17.2 Å². The predicted octanol–water partition coefficient (Wildman–Crippen LogP) is 1.79. The minimum absolute atomic E-state index is 0.442. The van der Waals surface area contributed by atoms with Crippen molar-refractivity contribution in [1.29, 1.82) is 0 Å². The number of fused-ring (bicyclic) bond motifs is 1. The van der Waals surface area contributed by atoms with E-state index in [0.717, 1.165) is 15.8 Å². The van der Waals surface area contributed by atoms with Crippen LogP contribution in [0.25, 0.3) is 11.2 Å². The van der Waals surface area contributed by atoms with Gasteiger partial charge >= 0.3 is 0 Å². The average Bonchev–Trinajstić information content (AvgIpc) is 2.43. The highest BCUT2D eigenvalue weighted by Crippen LogP contribution is 2.18. The molecule has 0 fully saturated rings. The lowest BCUT2D eigenvalue weighted by molar-refractivity contribution is 0.835. The van der Waals surface area contributed by atoms with Gasteiger partial charge in [-0.25, -0.2) is 9.97 Å². The van der Waals surface area contributed by atoms with E-state index in [1.54, 1.807) is 6.20 Å². The summed E-state index contributed by atoms with van der Waals surface area (Å²) in [6.07, 6.45) is 1.72. The second-order valence-electron chi connectivity index (χ2n) is 3.21. The SMILES string of the molecule is Cc1nc2ncc(Br)cc2n1CC(N)=S. The van der Waals surface area contributed by atoms with Gasteiger partial charge < -0.3 is 10.3 Å². The fourth-order valence-electron chi connectivity index (χ4n) is 1.45. The quantitative estimate of drug-likeness (QED) is 0.855. The maximum absolute atomic E-state index is 5.53. The highest BCUT2D eigenvalue weighted by molar-refractivity contribution is 9.10. The van der Waals surface area contributed by atoms with E-state index in [9.17, 15) is 0 Å². The number of aromatic nitrogens is 3. The zero-order valence-corrected chi connectivity index (χ0v) is 10.5. The third-order valence-corrected chi connectivity index (χ3v) is 2.64. The number of nitrogens with zero attached hydrogens (tertiary/aromatic N) is 3. The first kappa shape index (κ1) is 10.5. The van der Waals surface area contributed by atoms with Gasteiger partial charge in [0.15, 0.2) is 5.65 Å². The minimum atomic E-state index is 0.442. The number of nitrogens with two attached hydrogens (primary N) is 1. The van der Waals surface area contributed by atoms with Gasteiger partial charge in [-0.15, -0.1) is 0 Å². The van der Waals surface area contributed by atoms with Crippen molar-refractivity contribution in [3.05, 3.63) is 22.6 Å². The topological polar surface area (TPSA) is 56.7 Å². The first-order chi connectivity index (χ1) is 7.08. The number of thiocarbonyl (C=S) groups is 1. The number of hydrogen-bond donors (Lipinski definition) is 1. The Balaban J connectivity index is 2.65. The van der Waals surface area contributed by atoms with Crippen LogP contribution in [0.5, 0.6) is 0 Å². The molecule has 0 atom stereocenters. The van der Waals surface area contributed by atoms with Crippen LogP contribution < -0.4 is 5.73 Å². The number of hydrogen-bond acceptors (Lipinski definition) is 3. The molecule has 2 aromatic heterocycles.